The minimum Gasteiger partial charge on any atom is -0.399 e. The van der Waals surface area contributed by atoms with Crippen LogP contribution in [0.3, 0.4) is 0 Å². The van der Waals surface area contributed by atoms with Gasteiger partial charge in [0, 0.05) is 30.3 Å². The molecular weight excluding hydrogens is 260 g/mol. The monoisotopic (exact) mass is 278 g/mol. The first-order chi connectivity index (χ1) is 10.2. The summed E-state index contributed by atoms with van der Waals surface area (Å²) < 4.78 is 0. The van der Waals surface area contributed by atoms with Gasteiger partial charge in [0.25, 0.3) is 0 Å². The fourth-order valence-electron chi connectivity index (χ4n) is 2.65. The Morgan fingerprint density at radius 2 is 1.62 bits per heavy atom. The maximum atomic E-state index is 12.0. The van der Waals surface area contributed by atoms with Crippen molar-refractivity contribution in [1.82, 2.24) is 0 Å². The molecule has 0 bridgehead atoms. The molecule has 2 N–H and O–H groups in total. The summed E-state index contributed by atoms with van der Waals surface area (Å²) in [5.74, 6) is 0.425. The van der Waals surface area contributed by atoms with E-state index in [1.54, 1.807) is 0 Å². The van der Waals surface area contributed by atoms with E-state index in [2.05, 4.69) is 6.58 Å². The topological polar surface area (TPSA) is 46.3 Å². The zero-order chi connectivity index (χ0) is 14.8. The highest BCUT2D eigenvalue weighted by Gasteiger charge is 2.28. The fraction of sp³-hybridized carbons (Fsp3) is 0.167. The first-order valence-electron chi connectivity index (χ1n) is 7.06. The molecule has 1 fully saturated rings. The van der Waals surface area contributed by atoms with Gasteiger partial charge in [-0.15, -0.1) is 6.58 Å². The number of hydrogen-bond donors (Lipinski definition) is 1. The highest BCUT2D eigenvalue weighted by molar-refractivity contribution is 5.96. The van der Waals surface area contributed by atoms with Gasteiger partial charge >= 0.3 is 0 Å². The Labute approximate surface area is 124 Å². The number of carbonyl (C=O) groups excluding carboxylic acids is 1. The van der Waals surface area contributed by atoms with Crippen molar-refractivity contribution in [1.29, 1.82) is 0 Å². The molecule has 21 heavy (non-hydrogen) atoms. The van der Waals surface area contributed by atoms with Crippen LogP contribution < -0.4 is 10.6 Å². The maximum absolute atomic E-state index is 12.0. The molecule has 3 heteroatoms. The lowest BCUT2D eigenvalue weighted by Crippen LogP contribution is -2.24. The van der Waals surface area contributed by atoms with E-state index < -0.39 is 0 Å². The van der Waals surface area contributed by atoms with Gasteiger partial charge in [-0.25, -0.2) is 0 Å². The summed E-state index contributed by atoms with van der Waals surface area (Å²) in [5, 5.41) is 0. The smallest absolute Gasteiger partial charge is 0.227 e. The Morgan fingerprint density at radius 1 is 1.05 bits per heavy atom. The van der Waals surface area contributed by atoms with E-state index in [1.165, 1.54) is 0 Å². The molecule has 3 rings (SSSR count). The van der Waals surface area contributed by atoms with Crippen molar-refractivity contribution in [3.63, 3.8) is 0 Å². The van der Waals surface area contributed by atoms with Crippen LogP contribution in [-0.2, 0) is 4.79 Å². The van der Waals surface area contributed by atoms with E-state index >= 15 is 0 Å². The highest BCUT2D eigenvalue weighted by Crippen LogP contribution is 2.28. The Morgan fingerprint density at radius 3 is 2.14 bits per heavy atom. The summed E-state index contributed by atoms with van der Waals surface area (Å²) in [5.41, 5.74) is 9.64. The summed E-state index contributed by atoms with van der Waals surface area (Å²) in [6, 6.07) is 15.8. The molecular formula is C18H18N2O. The summed E-state index contributed by atoms with van der Waals surface area (Å²) in [4.78, 5) is 13.8. The quantitative estimate of drug-likeness (QED) is 0.690. The van der Waals surface area contributed by atoms with Crippen LogP contribution in [0.2, 0.25) is 0 Å². The van der Waals surface area contributed by atoms with Gasteiger partial charge in [-0.05, 0) is 35.4 Å². The van der Waals surface area contributed by atoms with Crippen LogP contribution in [-0.4, -0.2) is 12.5 Å². The molecule has 3 nitrogen and oxygen atoms in total. The van der Waals surface area contributed by atoms with Crippen LogP contribution in [0.5, 0.6) is 0 Å². The van der Waals surface area contributed by atoms with Gasteiger partial charge in [0.1, 0.15) is 0 Å². The lowest BCUT2D eigenvalue weighted by atomic mass is 10.0. The summed E-state index contributed by atoms with van der Waals surface area (Å²) in [7, 11) is 0. The second kappa shape index (κ2) is 5.44. The summed E-state index contributed by atoms with van der Waals surface area (Å²) in [6.07, 6.45) is 2.42. The minimum absolute atomic E-state index is 0.167. The third kappa shape index (κ3) is 2.68. The zero-order valence-electron chi connectivity index (χ0n) is 11.8. The van der Waals surface area contributed by atoms with E-state index in [-0.39, 0.29) is 11.8 Å². The van der Waals surface area contributed by atoms with Gasteiger partial charge in [-0.3, -0.25) is 4.79 Å². The molecule has 2 aromatic carbocycles. The first-order valence-corrected chi connectivity index (χ1v) is 7.06. The van der Waals surface area contributed by atoms with Gasteiger partial charge in [0.2, 0.25) is 5.91 Å². The van der Waals surface area contributed by atoms with Crippen molar-refractivity contribution in [3.8, 4) is 11.1 Å². The fourth-order valence-corrected chi connectivity index (χ4v) is 2.65. The van der Waals surface area contributed by atoms with E-state index in [1.807, 2.05) is 59.5 Å². The molecule has 1 amide bonds. The van der Waals surface area contributed by atoms with Gasteiger partial charge < -0.3 is 10.6 Å². The lowest BCUT2D eigenvalue weighted by molar-refractivity contribution is -0.117. The third-order valence-corrected chi connectivity index (χ3v) is 3.91. The number of nitrogens with two attached hydrogens (primary N) is 1. The molecule has 0 spiro atoms. The predicted octanol–water partition coefficient (Wildman–Crippen LogP) is 3.47. The second-order valence-corrected chi connectivity index (χ2v) is 5.37. The molecule has 1 saturated heterocycles. The average molecular weight is 278 g/mol. The number of nitrogen functional groups attached to an aromatic ring is 1. The second-order valence-electron chi connectivity index (χ2n) is 5.37. The van der Waals surface area contributed by atoms with Crippen LogP contribution in [0.1, 0.15) is 6.42 Å². The molecule has 2 aromatic rings. The van der Waals surface area contributed by atoms with Crippen LogP contribution in [0.4, 0.5) is 11.4 Å². The molecule has 1 heterocycles. The normalized spacial score (nSPS) is 18.0. The van der Waals surface area contributed by atoms with Crippen LogP contribution in [0.15, 0.2) is 61.2 Å². The largest absolute Gasteiger partial charge is 0.399 e. The van der Waals surface area contributed by atoms with Crippen LogP contribution in [0, 0.1) is 5.92 Å². The zero-order valence-corrected chi connectivity index (χ0v) is 11.8. The third-order valence-electron chi connectivity index (χ3n) is 3.91. The molecule has 0 aliphatic carbocycles. The van der Waals surface area contributed by atoms with Crippen molar-refractivity contribution in [3.05, 3.63) is 61.2 Å². The van der Waals surface area contributed by atoms with E-state index in [0.29, 0.717) is 6.42 Å². The highest BCUT2D eigenvalue weighted by atomic mass is 16.2. The van der Waals surface area contributed by atoms with Gasteiger partial charge in [0.15, 0.2) is 0 Å². The van der Waals surface area contributed by atoms with Crippen LogP contribution in [0.25, 0.3) is 11.1 Å². The first kappa shape index (κ1) is 13.4. The molecule has 1 unspecified atom stereocenters. The number of amides is 1. The van der Waals surface area contributed by atoms with Crippen LogP contribution >= 0.6 is 0 Å². The summed E-state index contributed by atoms with van der Waals surface area (Å²) in [6.45, 7) is 4.50. The number of hydrogen-bond acceptors (Lipinski definition) is 2. The standard InChI is InChI=1S/C18H18N2O/c1-2-13-11-18(21)20(12-13)17-9-5-15(6-10-17)14-3-7-16(19)8-4-14/h2-10,13H,1,11-12,19H2. The molecule has 0 saturated carbocycles. The van der Waals surface area contributed by atoms with E-state index in [0.717, 1.165) is 29.0 Å². The molecule has 0 radical (unpaired) electrons. The van der Waals surface area contributed by atoms with Gasteiger partial charge in [-0.1, -0.05) is 30.3 Å². The average Bonchev–Trinajstić information content (AvgIpc) is 2.89. The van der Waals surface area contributed by atoms with E-state index in [4.69, 9.17) is 5.73 Å². The lowest BCUT2D eigenvalue weighted by Gasteiger charge is -2.16. The predicted molar refractivity (Wildman–Crippen MR) is 86.9 cm³/mol. The molecule has 1 aliphatic heterocycles. The molecule has 1 atom stereocenters. The van der Waals surface area contributed by atoms with Crippen molar-refractivity contribution in [2.75, 3.05) is 17.2 Å². The molecule has 0 aromatic heterocycles. The Bertz CT molecular complexity index is 659. The number of nitrogens with zero attached hydrogens (tertiary/aromatic N) is 1. The van der Waals surface area contributed by atoms with Crippen molar-refractivity contribution >= 4 is 17.3 Å². The van der Waals surface area contributed by atoms with Gasteiger partial charge in [-0.2, -0.15) is 0 Å². The maximum Gasteiger partial charge on any atom is 0.227 e. The summed E-state index contributed by atoms with van der Waals surface area (Å²) >= 11 is 0. The number of carbonyl (C=O) groups is 1. The SMILES string of the molecule is C=CC1CC(=O)N(c2ccc(-c3ccc(N)cc3)cc2)C1. The minimum atomic E-state index is 0.167. The number of anilines is 2. The van der Waals surface area contributed by atoms with E-state index in [9.17, 15) is 4.79 Å². The van der Waals surface area contributed by atoms with Crippen molar-refractivity contribution in [2.45, 2.75) is 6.42 Å². The Hall–Kier alpha value is -2.55. The number of benzene rings is 2. The Balaban J connectivity index is 1.83. The molecule has 106 valence electrons. The Kier molecular flexibility index (Phi) is 3.48. The molecule has 1 aliphatic rings. The van der Waals surface area contributed by atoms with Crippen molar-refractivity contribution < 1.29 is 4.79 Å². The number of rotatable bonds is 3. The van der Waals surface area contributed by atoms with Gasteiger partial charge in [0.05, 0.1) is 0 Å². The van der Waals surface area contributed by atoms with Crippen molar-refractivity contribution in [2.24, 2.45) is 5.92 Å².